The maximum atomic E-state index is 10.7. The van der Waals surface area contributed by atoms with E-state index in [-0.39, 0.29) is 5.69 Å². The Balaban J connectivity index is 1.58. The molecule has 0 unspecified atom stereocenters. The van der Waals surface area contributed by atoms with Gasteiger partial charge in [0.15, 0.2) is 11.5 Å². The van der Waals surface area contributed by atoms with E-state index in [9.17, 15) is 4.79 Å². The third-order valence-corrected chi connectivity index (χ3v) is 3.58. The van der Waals surface area contributed by atoms with E-state index in [0.29, 0.717) is 12.3 Å². The van der Waals surface area contributed by atoms with Crippen LogP contribution in [0.4, 0.5) is 11.4 Å². The molecule has 0 radical (unpaired) electrons. The lowest BCUT2D eigenvalue weighted by molar-refractivity contribution is 0.0685. The van der Waals surface area contributed by atoms with E-state index in [1.807, 2.05) is 12.1 Å². The SMILES string of the molecule is O=C(O)c1cc(CNc2ccc(N3CCCC3)cc2)on1. The van der Waals surface area contributed by atoms with Gasteiger partial charge in [0, 0.05) is 30.5 Å². The summed E-state index contributed by atoms with van der Waals surface area (Å²) in [6, 6.07) is 9.64. The minimum Gasteiger partial charge on any atom is -0.476 e. The van der Waals surface area contributed by atoms with Crippen molar-refractivity contribution in [3.05, 3.63) is 41.8 Å². The van der Waals surface area contributed by atoms with Gasteiger partial charge in [-0.05, 0) is 37.1 Å². The molecular weight excluding hydrogens is 270 g/mol. The summed E-state index contributed by atoms with van der Waals surface area (Å²) in [6.45, 7) is 2.66. The van der Waals surface area contributed by atoms with E-state index < -0.39 is 5.97 Å². The zero-order valence-corrected chi connectivity index (χ0v) is 11.6. The lowest BCUT2D eigenvalue weighted by Crippen LogP contribution is -2.17. The molecule has 2 heterocycles. The third-order valence-electron chi connectivity index (χ3n) is 3.58. The molecule has 6 nitrogen and oxygen atoms in total. The van der Waals surface area contributed by atoms with Crippen LogP contribution in [0, 0.1) is 0 Å². The number of carbonyl (C=O) groups is 1. The maximum absolute atomic E-state index is 10.7. The van der Waals surface area contributed by atoms with Crippen LogP contribution in [0.3, 0.4) is 0 Å². The highest BCUT2D eigenvalue weighted by atomic mass is 16.5. The summed E-state index contributed by atoms with van der Waals surface area (Å²) >= 11 is 0. The van der Waals surface area contributed by atoms with Crippen LogP contribution in [0.25, 0.3) is 0 Å². The Morgan fingerprint density at radius 3 is 2.62 bits per heavy atom. The standard InChI is InChI=1S/C15H17N3O3/c19-15(20)14-9-13(21-17-14)10-16-11-3-5-12(6-4-11)18-7-1-2-8-18/h3-6,9,16H,1-2,7-8,10H2,(H,19,20). The second kappa shape index (κ2) is 5.87. The molecule has 1 fully saturated rings. The number of hydrogen-bond acceptors (Lipinski definition) is 5. The average molecular weight is 287 g/mol. The van der Waals surface area contributed by atoms with Crippen molar-refractivity contribution in [1.29, 1.82) is 0 Å². The Labute approximate surface area is 122 Å². The van der Waals surface area contributed by atoms with Crippen molar-refractivity contribution in [3.63, 3.8) is 0 Å². The first-order valence-corrected chi connectivity index (χ1v) is 7.00. The second-order valence-corrected chi connectivity index (χ2v) is 5.08. The quantitative estimate of drug-likeness (QED) is 0.880. The number of rotatable bonds is 5. The third kappa shape index (κ3) is 3.16. The summed E-state index contributed by atoms with van der Waals surface area (Å²) in [4.78, 5) is 13.1. The van der Waals surface area contributed by atoms with Crippen molar-refractivity contribution in [2.75, 3.05) is 23.3 Å². The molecule has 3 rings (SSSR count). The van der Waals surface area contributed by atoms with Crippen LogP contribution in [0.2, 0.25) is 0 Å². The van der Waals surface area contributed by atoms with Crippen molar-refractivity contribution >= 4 is 17.3 Å². The van der Waals surface area contributed by atoms with Gasteiger partial charge in [-0.3, -0.25) is 0 Å². The van der Waals surface area contributed by atoms with Gasteiger partial charge in [0.05, 0.1) is 6.54 Å². The minimum absolute atomic E-state index is 0.0730. The summed E-state index contributed by atoms with van der Waals surface area (Å²) < 4.78 is 4.95. The molecule has 1 saturated heterocycles. The fraction of sp³-hybridized carbons (Fsp3) is 0.333. The molecule has 0 spiro atoms. The highest BCUT2D eigenvalue weighted by Crippen LogP contribution is 2.22. The number of hydrogen-bond donors (Lipinski definition) is 2. The molecule has 0 bridgehead atoms. The molecule has 21 heavy (non-hydrogen) atoms. The molecule has 1 aromatic carbocycles. The lowest BCUT2D eigenvalue weighted by Gasteiger charge is -2.17. The predicted molar refractivity (Wildman–Crippen MR) is 78.7 cm³/mol. The molecular formula is C15H17N3O3. The molecule has 0 atom stereocenters. The van der Waals surface area contributed by atoms with Crippen LogP contribution in [-0.2, 0) is 6.54 Å². The van der Waals surface area contributed by atoms with Gasteiger partial charge in [0.25, 0.3) is 0 Å². The molecule has 1 aliphatic heterocycles. The zero-order valence-electron chi connectivity index (χ0n) is 11.6. The van der Waals surface area contributed by atoms with Gasteiger partial charge < -0.3 is 19.8 Å². The molecule has 6 heteroatoms. The molecule has 2 aromatic rings. The van der Waals surface area contributed by atoms with Gasteiger partial charge in [-0.25, -0.2) is 4.79 Å². The van der Waals surface area contributed by atoms with Crippen molar-refractivity contribution in [3.8, 4) is 0 Å². The van der Waals surface area contributed by atoms with Crippen LogP contribution in [0.15, 0.2) is 34.9 Å². The number of carboxylic acids is 1. The number of carboxylic acid groups (broad SMARTS) is 1. The number of anilines is 2. The Morgan fingerprint density at radius 1 is 1.29 bits per heavy atom. The van der Waals surface area contributed by atoms with E-state index >= 15 is 0 Å². The first-order chi connectivity index (χ1) is 10.2. The fourth-order valence-corrected chi connectivity index (χ4v) is 2.45. The van der Waals surface area contributed by atoms with Crippen molar-refractivity contribution in [2.45, 2.75) is 19.4 Å². The van der Waals surface area contributed by atoms with E-state index in [1.54, 1.807) is 0 Å². The number of nitrogens with one attached hydrogen (secondary N) is 1. The average Bonchev–Trinajstić information content (AvgIpc) is 3.17. The molecule has 1 aliphatic rings. The second-order valence-electron chi connectivity index (χ2n) is 5.08. The lowest BCUT2D eigenvalue weighted by atomic mass is 10.2. The van der Waals surface area contributed by atoms with Crippen molar-refractivity contribution in [2.24, 2.45) is 0 Å². The van der Waals surface area contributed by atoms with Crippen molar-refractivity contribution in [1.82, 2.24) is 5.16 Å². The maximum Gasteiger partial charge on any atom is 0.358 e. The van der Waals surface area contributed by atoms with Crippen LogP contribution in [0.1, 0.15) is 29.1 Å². The summed E-state index contributed by atoms with van der Waals surface area (Å²) in [5.41, 5.74) is 2.13. The van der Waals surface area contributed by atoms with Crippen LogP contribution >= 0.6 is 0 Å². The zero-order chi connectivity index (χ0) is 14.7. The number of aromatic nitrogens is 1. The van der Waals surface area contributed by atoms with Crippen molar-refractivity contribution < 1.29 is 14.4 Å². The Kier molecular flexibility index (Phi) is 3.77. The van der Waals surface area contributed by atoms with Crippen LogP contribution in [-0.4, -0.2) is 29.3 Å². The van der Waals surface area contributed by atoms with Gasteiger partial charge >= 0.3 is 5.97 Å². The van der Waals surface area contributed by atoms with Gasteiger partial charge in [-0.1, -0.05) is 5.16 Å². The van der Waals surface area contributed by atoms with Gasteiger partial charge in [0.2, 0.25) is 0 Å². The Hall–Kier alpha value is -2.50. The first-order valence-electron chi connectivity index (χ1n) is 7.00. The smallest absolute Gasteiger partial charge is 0.358 e. The van der Waals surface area contributed by atoms with Crippen LogP contribution in [0.5, 0.6) is 0 Å². The molecule has 0 amide bonds. The van der Waals surface area contributed by atoms with E-state index in [0.717, 1.165) is 18.8 Å². The highest BCUT2D eigenvalue weighted by Gasteiger charge is 2.12. The van der Waals surface area contributed by atoms with E-state index in [1.165, 1.54) is 24.6 Å². The summed E-state index contributed by atoms with van der Waals surface area (Å²) in [5, 5.41) is 15.4. The normalized spacial score (nSPS) is 14.4. The Morgan fingerprint density at radius 2 is 2.00 bits per heavy atom. The molecule has 1 aromatic heterocycles. The highest BCUT2D eigenvalue weighted by molar-refractivity contribution is 5.85. The number of nitrogens with zero attached hydrogens (tertiary/aromatic N) is 2. The Bertz CT molecular complexity index is 615. The molecule has 2 N–H and O–H groups in total. The van der Waals surface area contributed by atoms with E-state index in [4.69, 9.17) is 9.63 Å². The summed E-state index contributed by atoms with van der Waals surface area (Å²) in [6.07, 6.45) is 2.52. The first kappa shape index (κ1) is 13.5. The molecule has 0 saturated carbocycles. The molecule has 0 aliphatic carbocycles. The topological polar surface area (TPSA) is 78.6 Å². The fourth-order valence-electron chi connectivity index (χ4n) is 2.45. The minimum atomic E-state index is -1.08. The summed E-state index contributed by atoms with van der Waals surface area (Å²) in [7, 11) is 0. The monoisotopic (exact) mass is 287 g/mol. The number of aromatic carboxylic acids is 1. The van der Waals surface area contributed by atoms with Gasteiger partial charge in [-0.2, -0.15) is 0 Å². The summed E-state index contributed by atoms with van der Waals surface area (Å²) in [5.74, 6) is -0.587. The van der Waals surface area contributed by atoms with Crippen LogP contribution < -0.4 is 10.2 Å². The number of benzene rings is 1. The predicted octanol–water partition coefficient (Wildman–Crippen LogP) is 2.59. The largest absolute Gasteiger partial charge is 0.476 e. The van der Waals surface area contributed by atoms with Gasteiger partial charge in [-0.15, -0.1) is 0 Å². The van der Waals surface area contributed by atoms with Gasteiger partial charge in [0.1, 0.15) is 0 Å². The molecule has 110 valence electrons. The van der Waals surface area contributed by atoms with E-state index in [2.05, 4.69) is 27.5 Å².